The molecule has 35 heavy (non-hydrogen) atoms. The molecule has 4 N–H and O–H groups in total. The van der Waals surface area contributed by atoms with Crippen molar-refractivity contribution in [2.24, 2.45) is 0 Å². The summed E-state index contributed by atoms with van der Waals surface area (Å²) in [5.41, 5.74) is 9.18. The number of aromatic nitrogens is 4. The number of rotatable bonds is 6. The average molecular weight is 474 g/mol. The summed E-state index contributed by atoms with van der Waals surface area (Å²) in [6, 6.07) is 11.1. The summed E-state index contributed by atoms with van der Waals surface area (Å²) >= 11 is 0. The number of nitrogens with two attached hydrogens (primary N) is 1. The minimum atomic E-state index is -0.524. The van der Waals surface area contributed by atoms with Crippen LogP contribution in [0.1, 0.15) is 28.4 Å². The second kappa shape index (κ2) is 9.15. The van der Waals surface area contributed by atoms with Crippen LogP contribution in [0.5, 0.6) is 5.75 Å². The molecule has 0 aliphatic heterocycles. The van der Waals surface area contributed by atoms with E-state index in [2.05, 4.69) is 15.3 Å². The predicted octanol–water partition coefficient (Wildman–Crippen LogP) is 3.02. The molecule has 0 saturated carbocycles. The maximum absolute atomic E-state index is 13.6. The van der Waals surface area contributed by atoms with Crippen LogP contribution in [0.3, 0.4) is 0 Å². The number of anilines is 1. The predicted molar refractivity (Wildman–Crippen MR) is 128 cm³/mol. The summed E-state index contributed by atoms with van der Waals surface area (Å²) < 4.78 is 20.5. The fraction of sp³-hybridized carbons (Fsp3) is 0.200. The number of carbonyl (C=O) groups excluding carboxylic acids is 1. The van der Waals surface area contributed by atoms with E-state index in [1.54, 1.807) is 10.8 Å². The summed E-state index contributed by atoms with van der Waals surface area (Å²) in [4.78, 5) is 21.1. The molecule has 2 atom stereocenters. The van der Waals surface area contributed by atoms with Gasteiger partial charge in [-0.3, -0.25) is 4.79 Å². The van der Waals surface area contributed by atoms with Crippen LogP contribution in [0.25, 0.3) is 22.3 Å². The normalized spacial score (nSPS) is 17.1. The van der Waals surface area contributed by atoms with Crippen LogP contribution in [-0.2, 0) is 6.54 Å². The van der Waals surface area contributed by atoms with E-state index in [1.165, 1.54) is 25.6 Å². The first-order valence-corrected chi connectivity index (χ1v) is 11.0. The molecule has 2 aromatic heterocycles. The zero-order valence-electron chi connectivity index (χ0n) is 18.9. The van der Waals surface area contributed by atoms with Gasteiger partial charge in [-0.2, -0.15) is 5.10 Å². The highest BCUT2D eigenvalue weighted by Crippen LogP contribution is 2.34. The summed E-state index contributed by atoms with van der Waals surface area (Å²) in [7, 11) is 1.43. The van der Waals surface area contributed by atoms with Gasteiger partial charge in [0.1, 0.15) is 29.4 Å². The number of aliphatic hydroxyl groups excluding tert-OH is 1. The van der Waals surface area contributed by atoms with Crippen LogP contribution in [0.4, 0.5) is 10.2 Å². The molecule has 5 rings (SSSR count). The standard InChI is InChI=1S/C25H23FN6O3/c1-35-20-9-6-16(26)10-19(20)25(34)28-12-14-2-4-15(5-3-14)22-21-23(27)29-13-30-24(21)32(31-22)17-7-8-18(33)11-17/h2-10,13,17-18,33H,11-12H2,1H3,(H,28,34)(H2,27,29,30)/t17-,18-/m1/s1. The number of allylic oxidation sites excluding steroid dienone is 1. The number of methoxy groups -OCH3 is 1. The van der Waals surface area contributed by atoms with Gasteiger partial charge in [0, 0.05) is 18.5 Å². The topological polar surface area (TPSA) is 128 Å². The molecule has 1 aliphatic carbocycles. The van der Waals surface area contributed by atoms with E-state index >= 15 is 0 Å². The van der Waals surface area contributed by atoms with Crippen LogP contribution in [0, 0.1) is 5.82 Å². The van der Waals surface area contributed by atoms with Gasteiger partial charge in [-0.25, -0.2) is 19.0 Å². The molecule has 0 saturated heterocycles. The second-order valence-electron chi connectivity index (χ2n) is 8.23. The highest BCUT2D eigenvalue weighted by atomic mass is 19.1. The van der Waals surface area contributed by atoms with Crippen molar-refractivity contribution in [3.63, 3.8) is 0 Å². The monoisotopic (exact) mass is 474 g/mol. The third-order valence-corrected chi connectivity index (χ3v) is 5.96. The van der Waals surface area contributed by atoms with Crippen molar-refractivity contribution in [2.75, 3.05) is 12.8 Å². The van der Waals surface area contributed by atoms with Gasteiger partial charge in [0.2, 0.25) is 0 Å². The Bertz CT molecular complexity index is 1430. The highest BCUT2D eigenvalue weighted by Gasteiger charge is 2.25. The number of ether oxygens (including phenoxy) is 1. The number of nitrogen functional groups attached to an aromatic ring is 1. The Morgan fingerprint density at radius 3 is 2.74 bits per heavy atom. The molecule has 1 aliphatic rings. The fourth-order valence-electron chi connectivity index (χ4n) is 4.19. The SMILES string of the molecule is COc1ccc(F)cc1C(=O)NCc1ccc(-c2nn([C@@H]3C=C[C@@H](O)C3)c3ncnc(N)c23)cc1. The van der Waals surface area contributed by atoms with Crippen molar-refractivity contribution < 1.29 is 19.0 Å². The third-order valence-electron chi connectivity index (χ3n) is 5.96. The Hall–Kier alpha value is -4.31. The number of nitrogens with one attached hydrogen (secondary N) is 1. The van der Waals surface area contributed by atoms with E-state index in [0.717, 1.165) is 17.2 Å². The van der Waals surface area contributed by atoms with Crippen molar-refractivity contribution in [3.8, 4) is 17.0 Å². The Labute approximate surface area is 200 Å². The number of amides is 1. The molecular formula is C25H23FN6O3. The smallest absolute Gasteiger partial charge is 0.255 e. The minimum Gasteiger partial charge on any atom is -0.496 e. The lowest BCUT2D eigenvalue weighted by atomic mass is 10.1. The first-order valence-electron chi connectivity index (χ1n) is 11.0. The number of fused-ring (bicyclic) bond motifs is 1. The van der Waals surface area contributed by atoms with Gasteiger partial charge in [0.05, 0.1) is 30.2 Å². The first kappa shape index (κ1) is 22.5. The molecule has 4 aromatic rings. The van der Waals surface area contributed by atoms with Crippen LogP contribution < -0.4 is 15.8 Å². The van der Waals surface area contributed by atoms with Crippen LogP contribution in [0.15, 0.2) is 60.9 Å². The lowest BCUT2D eigenvalue weighted by Crippen LogP contribution is -2.23. The van der Waals surface area contributed by atoms with Crippen molar-refractivity contribution >= 4 is 22.8 Å². The minimum absolute atomic E-state index is 0.127. The molecule has 178 valence electrons. The Morgan fingerprint density at radius 2 is 2.03 bits per heavy atom. The Balaban J connectivity index is 1.39. The lowest BCUT2D eigenvalue weighted by molar-refractivity contribution is 0.0947. The van der Waals surface area contributed by atoms with Gasteiger partial charge in [0.25, 0.3) is 5.91 Å². The maximum atomic E-state index is 13.6. The van der Waals surface area contributed by atoms with E-state index in [9.17, 15) is 14.3 Å². The molecule has 0 unspecified atom stereocenters. The summed E-state index contributed by atoms with van der Waals surface area (Å²) in [6.45, 7) is 0.240. The van der Waals surface area contributed by atoms with Gasteiger partial charge in [-0.1, -0.05) is 36.4 Å². The van der Waals surface area contributed by atoms with Gasteiger partial charge in [0.15, 0.2) is 5.65 Å². The number of aliphatic hydroxyl groups is 1. The molecule has 9 nitrogen and oxygen atoms in total. The fourth-order valence-corrected chi connectivity index (χ4v) is 4.19. The van der Waals surface area contributed by atoms with E-state index in [4.69, 9.17) is 15.6 Å². The van der Waals surface area contributed by atoms with Crippen molar-refractivity contribution in [1.82, 2.24) is 25.1 Å². The molecule has 0 radical (unpaired) electrons. The van der Waals surface area contributed by atoms with Crippen molar-refractivity contribution in [1.29, 1.82) is 0 Å². The zero-order valence-corrected chi connectivity index (χ0v) is 18.9. The molecule has 0 spiro atoms. The number of carbonyl (C=O) groups is 1. The molecule has 0 bridgehead atoms. The number of benzene rings is 2. The molecule has 2 heterocycles. The summed E-state index contributed by atoms with van der Waals surface area (Å²) in [6.07, 6.45) is 5.02. The van der Waals surface area contributed by atoms with Crippen molar-refractivity contribution in [3.05, 3.63) is 77.9 Å². The van der Waals surface area contributed by atoms with Crippen LogP contribution in [-0.4, -0.2) is 44.0 Å². The number of nitrogens with zero attached hydrogens (tertiary/aromatic N) is 4. The maximum Gasteiger partial charge on any atom is 0.255 e. The third kappa shape index (κ3) is 4.31. The van der Waals surface area contributed by atoms with E-state index in [0.29, 0.717) is 34.7 Å². The molecular weight excluding hydrogens is 451 g/mol. The van der Waals surface area contributed by atoms with Gasteiger partial charge in [-0.15, -0.1) is 0 Å². The lowest BCUT2D eigenvalue weighted by Gasteiger charge is -2.10. The molecule has 1 amide bonds. The largest absolute Gasteiger partial charge is 0.496 e. The highest BCUT2D eigenvalue weighted by molar-refractivity contribution is 5.98. The number of halogens is 1. The summed E-state index contributed by atoms with van der Waals surface area (Å²) in [5.74, 6) is -0.338. The van der Waals surface area contributed by atoms with Gasteiger partial charge < -0.3 is 20.9 Å². The summed E-state index contributed by atoms with van der Waals surface area (Å²) in [5, 5.41) is 18.1. The molecule has 2 aromatic carbocycles. The zero-order chi connectivity index (χ0) is 24.5. The van der Waals surface area contributed by atoms with Crippen LogP contribution >= 0.6 is 0 Å². The van der Waals surface area contributed by atoms with Crippen molar-refractivity contribution in [2.45, 2.75) is 25.1 Å². The van der Waals surface area contributed by atoms with Crippen LogP contribution in [0.2, 0.25) is 0 Å². The molecule has 0 fully saturated rings. The van der Waals surface area contributed by atoms with E-state index < -0.39 is 17.8 Å². The Morgan fingerprint density at radius 1 is 1.23 bits per heavy atom. The average Bonchev–Trinajstić information content (AvgIpc) is 3.47. The Kier molecular flexibility index (Phi) is 5.87. The second-order valence-corrected chi connectivity index (χ2v) is 8.23. The first-order chi connectivity index (χ1) is 16.9. The van der Waals surface area contributed by atoms with E-state index in [-0.39, 0.29) is 18.2 Å². The van der Waals surface area contributed by atoms with Gasteiger partial charge in [-0.05, 0) is 23.8 Å². The number of hydrogen-bond acceptors (Lipinski definition) is 7. The molecule has 10 heteroatoms. The van der Waals surface area contributed by atoms with Gasteiger partial charge >= 0.3 is 0 Å². The quantitative estimate of drug-likeness (QED) is 0.367. The number of hydrogen-bond donors (Lipinski definition) is 3. The van der Waals surface area contributed by atoms with E-state index in [1.807, 2.05) is 30.3 Å².